The highest BCUT2D eigenvalue weighted by Gasteiger charge is 1.97. The third kappa shape index (κ3) is 1.05. The molecule has 1 heterocycles. The average molecular weight is 239 g/mol. The Balaban J connectivity index is 3.09. The van der Waals surface area contributed by atoms with E-state index in [1.807, 2.05) is 0 Å². The van der Waals surface area contributed by atoms with Crippen molar-refractivity contribution in [3.63, 3.8) is 0 Å². The molecule has 0 aromatic carbocycles. The number of hydrogen-bond acceptors (Lipinski definition) is 3. The Labute approximate surface area is 64.2 Å². The van der Waals surface area contributed by atoms with Gasteiger partial charge < -0.3 is 0 Å². The molecule has 0 atom stereocenters. The fourth-order valence-electron chi connectivity index (χ4n) is 0.314. The number of hydrogen-bond donors (Lipinski definition) is 0. The molecule has 8 heavy (non-hydrogen) atoms. The monoisotopic (exact) mass is 239 g/mol. The summed E-state index contributed by atoms with van der Waals surface area (Å²) < 4.78 is 4.73. The van der Waals surface area contributed by atoms with Crippen molar-refractivity contribution >= 4 is 40.4 Å². The van der Waals surface area contributed by atoms with Crippen LogP contribution < -0.4 is 0 Å². The fourth-order valence-corrected chi connectivity index (χ4v) is 1.52. The lowest BCUT2D eigenvalue weighted by atomic mass is 10.5. The molecule has 0 N–H and O–H groups in total. The van der Waals surface area contributed by atoms with E-state index in [-0.39, 0.29) is 0 Å². The van der Waals surface area contributed by atoms with Crippen LogP contribution in [0, 0.1) is 3.57 Å². The largest absolute Gasteiger partial charge is 0.297 e. The first kappa shape index (κ1) is 6.15. The van der Waals surface area contributed by atoms with Gasteiger partial charge in [0.25, 0.3) is 0 Å². The first-order valence-corrected chi connectivity index (χ1v) is 3.75. The third-order valence-corrected chi connectivity index (χ3v) is 2.61. The highest BCUT2D eigenvalue weighted by atomic mass is 127. The molecule has 0 amide bonds. The maximum absolute atomic E-state index is 10.1. The highest BCUT2D eigenvalue weighted by molar-refractivity contribution is 14.1. The van der Waals surface area contributed by atoms with Crippen molar-refractivity contribution in [1.82, 2.24) is 4.37 Å². The van der Waals surface area contributed by atoms with E-state index in [2.05, 4.69) is 27.0 Å². The van der Waals surface area contributed by atoms with Gasteiger partial charge in [-0.3, -0.25) is 4.79 Å². The number of carbonyl (C=O) groups excluding carboxylic acids is 1. The minimum Gasteiger partial charge on any atom is -0.297 e. The third-order valence-electron chi connectivity index (χ3n) is 0.660. The van der Waals surface area contributed by atoms with Gasteiger partial charge in [-0.25, -0.2) is 0 Å². The number of halogens is 1. The van der Waals surface area contributed by atoms with E-state index in [1.54, 1.807) is 6.20 Å². The Morgan fingerprint density at radius 1 is 1.88 bits per heavy atom. The zero-order valence-corrected chi connectivity index (χ0v) is 6.77. The second kappa shape index (κ2) is 2.54. The molecule has 1 rings (SSSR count). The second-order valence-electron chi connectivity index (χ2n) is 1.16. The van der Waals surface area contributed by atoms with Crippen LogP contribution in [0.25, 0.3) is 0 Å². The van der Waals surface area contributed by atoms with Crippen LogP contribution in [0.1, 0.15) is 9.67 Å². The van der Waals surface area contributed by atoms with Gasteiger partial charge in [-0.1, -0.05) is 0 Å². The first-order chi connectivity index (χ1) is 3.84. The van der Waals surface area contributed by atoms with Gasteiger partial charge >= 0.3 is 0 Å². The van der Waals surface area contributed by atoms with E-state index in [9.17, 15) is 4.79 Å². The standard InChI is InChI=1S/C4H2INOS/c5-3-1-6-8-4(3)2-7/h1-2H. The first-order valence-electron chi connectivity index (χ1n) is 1.90. The quantitative estimate of drug-likeness (QED) is 0.549. The number of nitrogens with zero attached hydrogens (tertiary/aromatic N) is 1. The molecular weight excluding hydrogens is 237 g/mol. The summed E-state index contributed by atoms with van der Waals surface area (Å²) >= 11 is 3.30. The SMILES string of the molecule is O=Cc1sncc1I. The van der Waals surface area contributed by atoms with E-state index in [0.29, 0.717) is 4.88 Å². The van der Waals surface area contributed by atoms with Gasteiger partial charge in [-0.2, -0.15) is 4.37 Å². The molecule has 0 saturated heterocycles. The van der Waals surface area contributed by atoms with Gasteiger partial charge in [-0.15, -0.1) is 0 Å². The molecule has 0 fully saturated rings. The molecule has 1 aromatic heterocycles. The molecule has 1 aromatic rings. The molecule has 0 radical (unpaired) electrons. The Morgan fingerprint density at radius 2 is 2.62 bits per heavy atom. The molecule has 4 heteroatoms. The van der Waals surface area contributed by atoms with Crippen LogP contribution >= 0.6 is 34.1 Å². The minimum atomic E-state index is 0.714. The Kier molecular flexibility index (Phi) is 1.95. The van der Waals surface area contributed by atoms with E-state index in [4.69, 9.17) is 0 Å². The van der Waals surface area contributed by atoms with Crippen molar-refractivity contribution in [3.05, 3.63) is 14.6 Å². The minimum absolute atomic E-state index is 0.714. The molecule has 2 nitrogen and oxygen atoms in total. The fraction of sp³-hybridized carbons (Fsp3) is 0. The van der Waals surface area contributed by atoms with Crippen LogP contribution in [-0.4, -0.2) is 10.7 Å². The number of aromatic nitrogens is 1. The van der Waals surface area contributed by atoms with Crippen molar-refractivity contribution in [2.45, 2.75) is 0 Å². The summed E-state index contributed by atoms with van der Waals surface area (Å²) in [6.07, 6.45) is 2.49. The summed E-state index contributed by atoms with van der Waals surface area (Å²) in [5, 5.41) is 0. The van der Waals surface area contributed by atoms with Gasteiger partial charge in [-0.05, 0) is 34.1 Å². The van der Waals surface area contributed by atoms with Crippen molar-refractivity contribution in [2.75, 3.05) is 0 Å². The zero-order valence-electron chi connectivity index (χ0n) is 3.80. The van der Waals surface area contributed by atoms with Crippen LogP contribution in [0.2, 0.25) is 0 Å². The summed E-state index contributed by atoms with van der Waals surface area (Å²) in [7, 11) is 0. The van der Waals surface area contributed by atoms with Gasteiger partial charge in [0.1, 0.15) is 4.88 Å². The molecule has 0 aliphatic carbocycles. The van der Waals surface area contributed by atoms with E-state index < -0.39 is 0 Å². The van der Waals surface area contributed by atoms with E-state index in [1.165, 1.54) is 11.5 Å². The lowest BCUT2D eigenvalue weighted by Gasteiger charge is -1.74. The van der Waals surface area contributed by atoms with Crippen LogP contribution in [0.4, 0.5) is 0 Å². The van der Waals surface area contributed by atoms with Crippen LogP contribution in [0.3, 0.4) is 0 Å². The van der Waals surface area contributed by atoms with E-state index in [0.717, 1.165) is 9.86 Å². The van der Waals surface area contributed by atoms with Crippen molar-refractivity contribution in [2.24, 2.45) is 0 Å². The van der Waals surface area contributed by atoms with Crippen molar-refractivity contribution < 1.29 is 4.79 Å². The topological polar surface area (TPSA) is 30.0 Å². The van der Waals surface area contributed by atoms with Gasteiger partial charge in [0.15, 0.2) is 6.29 Å². The summed E-state index contributed by atoms with van der Waals surface area (Å²) in [5.41, 5.74) is 0. The van der Waals surface area contributed by atoms with Crippen molar-refractivity contribution in [1.29, 1.82) is 0 Å². The number of aldehydes is 1. The summed E-state index contributed by atoms with van der Waals surface area (Å²) in [6, 6.07) is 0. The second-order valence-corrected chi connectivity index (χ2v) is 3.15. The van der Waals surface area contributed by atoms with Crippen LogP contribution in [0.15, 0.2) is 6.20 Å². The maximum atomic E-state index is 10.1. The molecule has 0 aliphatic rings. The lowest BCUT2D eigenvalue weighted by molar-refractivity contribution is 0.112. The Bertz CT molecular complexity index is 198. The molecule has 0 aliphatic heterocycles. The van der Waals surface area contributed by atoms with Gasteiger partial charge in [0.05, 0.1) is 9.77 Å². The maximum Gasteiger partial charge on any atom is 0.162 e. The van der Waals surface area contributed by atoms with Crippen LogP contribution in [-0.2, 0) is 0 Å². The smallest absolute Gasteiger partial charge is 0.162 e. The summed E-state index contributed by atoms with van der Waals surface area (Å²) in [6.45, 7) is 0. The molecule has 0 saturated carbocycles. The van der Waals surface area contributed by atoms with E-state index >= 15 is 0 Å². The predicted octanol–water partition coefficient (Wildman–Crippen LogP) is 1.56. The molecular formula is C4H2INOS. The Morgan fingerprint density at radius 3 is 2.88 bits per heavy atom. The number of carbonyl (C=O) groups is 1. The predicted molar refractivity (Wildman–Crippen MR) is 40.2 cm³/mol. The molecule has 42 valence electrons. The summed E-state index contributed by atoms with van der Waals surface area (Å²) in [5.74, 6) is 0. The van der Waals surface area contributed by atoms with Gasteiger partial charge in [0.2, 0.25) is 0 Å². The molecule has 0 unspecified atom stereocenters. The van der Waals surface area contributed by atoms with Gasteiger partial charge in [0, 0.05) is 0 Å². The summed E-state index contributed by atoms with van der Waals surface area (Å²) in [4.78, 5) is 10.8. The zero-order chi connectivity index (χ0) is 5.98. The normalized spacial score (nSPS) is 9.12. The highest BCUT2D eigenvalue weighted by Crippen LogP contribution is 2.11. The van der Waals surface area contributed by atoms with Crippen LogP contribution in [0.5, 0.6) is 0 Å². The number of rotatable bonds is 1. The molecule has 0 bridgehead atoms. The average Bonchev–Trinajstić information content (AvgIpc) is 2.14. The molecule has 0 spiro atoms. The Hall–Kier alpha value is 0.0300. The lowest BCUT2D eigenvalue weighted by Crippen LogP contribution is -1.71. The van der Waals surface area contributed by atoms with Crippen molar-refractivity contribution in [3.8, 4) is 0 Å².